The molecule has 6 aromatic carbocycles. The minimum absolute atomic E-state index is 0.0219. The van der Waals surface area contributed by atoms with Gasteiger partial charge in [-0.3, -0.25) is 0 Å². The SMILES string of the molecule is CCC(O)CCCC1CC(CCCC2CC(CC(C)O)OC(c3cccc(OC4/C(=C/C=C5/N(C)c6ccc7ccccc7c6C5(C)C)CCCC4/C=C/C4=[N+](C)c5ccc6ccccc6c5C4(C)C)c3)O2)OC(c2cccc(O)c2)O1. The van der Waals surface area contributed by atoms with Crippen molar-refractivity contribution in [1.82, 2.24) is 0 Å². The van der Waals surface area contributed by atoms with Crippen molar-refractivity contribution in [3.8, 4) is 11.5 Å². The quantitative estimate of drug-likeness (QED) is 0.0724. The van der Waals surface area contributed by atoms with Crippen LogP contribution in [0.1, 0.15) is 160 Å². The molecule has 10 atom stereocenters. The van der Waals surface area contributed by atoms with E-state index in [4.69, 9.17) is 23.7 Å². The lowest BCUT2D eigenvalue weighted by atomic mass is 9.77. The number of aliphatic hydroxyl groups is 2. The van der Waals surface area contributed by atoms with Crippen LogP contribution in [0.5, 0.6) is 11.5 Å². The predicted octanol–water partition coefficient (Wildman–Crippen LogP) is 15.7. The maximum absolute atomic E-state index is 10.7. The van der Waals surface area contributed by atoms with Crippen molar-refractivity contribution in [3.63, 3.8) is 0 Å². The standard InChI is InChI=1S/C72H86N2O8/c1-9-53(76)25-17-28-56-44-57(80-69(79-56)51-23-15-26-54(77)42-51)29-18-30-58-45-59(41-46(2)75)82-70(81-58)52-24-16-27-55(43-52)78-68-49(35-39-64-71(3,4)66-60-31-12-10-19-47(60)33-37-62(66)73(64)7)21-14-22-50(68)36-40-65-72(5,6)67-61-32-13-11-20-48(61)34-38-63(67)74(65)8/h10-13,15-16,19-20,23-24,26-27,31-40,42-43,46,49,53,56-59,68-70,75-76H,9,14,17-18,21-22,25,28-30,41,44-45H2,1-8H3/p+1/b39-35+,50-36+,65-40+. The van der Waals surface area contributed by atoms with Crippen molar-refractivity contribution in [2.24, 2.45) is 5.92 Å². The molecule has 1 aliphatic carbocycles. The van der Waals surface area contributed by atoms with Crippen LogP contribution in [0.3, 0.4) is 0 Å². The Hall–Kier alpha value is -6.11. The average molecular weight is 1110 g/mol. The summed E-state index contributed by atoms with van der Waals surface area (Å²) < 4.78 is 36.5. The monoisotopic (exact) mass is 1110 g/mol. The molecule has 432 valence electrons. The Labute approximate surface area is 486 Å². The zero-order chi connectivity index (χ0) is 57.3. The zero-order valence-corrected chi connectivity index (χ0v) is 49.6. The predicted molar refractivity (Wildman–Crippen MR) is 329 cm³/mol. The lowest BCUT2D eigenvalue weighted by Crippen LogP contribution is -2.36. The number of fused-ring (bicyclic) bond motifs is 6. The minimum Gasteiger partial charge on any atom is -0.508 e. The van der Waals surface area contributed by atoms with Crippen LogP contribution >= 0.6 is 0 Å². The van der Waals surface area contributed by atoms with E-state index in [2.05, 4.69) is 173 Å². The Kier molecular flexibility index (Phi) is 17.3. The smallest absolute Gasteiger partial charge is 0.210 e. The summed E-state index contributed by atoms with van der Waals surface area (Å²) >= 11 is 0. The number of ether oxygens (including phenoxy) is 5. The molecule has 11 rings (SSSR count). The molecule has 4 aliphatic heterocycles. The van der Waals surface area contributed by atoms with Crippen molar-refractivity contribution < 1.29 is 43.6 Å². The highest BCUT2D eigenvalue weighted by Gasteiger charge is 2.45. The number of rotatable bonds is 18. The molecule has 0 spiro atoms. The summed E-state index contributed by atoms with van der Waals surface area (Å²) in [5.74, 6) is 1.04. The maximum atomic E-state index is 10.7. The van der Waals surface area contributed by atoms with Gasteiger partial charge in [-0.05, 0) is 167 Å². The molecule has 5 aliphatic rings. The first-order chi connectivity index (χ1) is 39.5. The van der Waals surface area contributed by atoms with Crippen LogP contribution in [0.4, 0.5) is 11.4 Å². The van der Waals surface area contributed by atoms with E-state index in [1.165, 1.54) is 61.0 Å². The van der Waals surface area contributed by atoms with Crippen molar-refractivity contribution in [2.45, 2.75) is 191 Å². The van der Waals surface area contributed by atoms with Crippen LogP contribution in [0, 0.1) is 5.92 Å². The second-order valence-electron chi connectivity index (χ2n) is 25.2. The summed E-state index contributed by atoms with van der Waals surface area (Å²) in [6, 6.07) is 42.0. The number of anilines is 1. The largest absolute Gasteiger partial charge is 0.508 e. The Balaban J connectivity index is 0.852. The van der Waals surface area contributed by atoms with E-state index in [9.17, 15) is 15.3 Å². The van der Waals surface area contributed by atoms with Crippen LogP contribution in [0.15, 0.2) is 157 Å². The first-order valence-corrected chi connectivity index (χ1v) is 30.6. The number of benzene rings is 6. The normalized spacial score (nSPS) is 26.9. The highest BCUT2D eigenvalue weighted by Crippen LogP contribution is 2.51. The summed E-state index contributed by atoms with van der Waals surface area (Å²) in [6.45, 7) is 13.3. The van der Waals surface area contributed by atoms with Crippen molar-refractivity contribution in [2.75, 3.05) is 19.0 Å². The number of phenolic OH excluding ortho intramolecular Hbond substituents is 1. The van der Waals surface area contributed by atoms with Gasteiger partial charge in [0.05, 0.1) is 42.0 Å². The zero-order valence-electron chi connectivity index (χ0n) is 49.6. The molecule has 3 N–H and O–H groups in total. The lowest BCUT2D eigenvalue weighted by molar-refractivity contribution is -0.401. The van der Waals surface area contributed by atoms with Crippen LogP contribution < -0.4 is 9.64 Å². The fourth-order valence-corrected chi connectivity index (χ4v) is 14.3. The van der Waals surface area contributed by atoms with Crippen molar-refractivity contribution in [3.05, 3.63) is 179 Å². The van der Waals surface area contributed by atoms with Crippen LogP contribution in [0.2, 0.25) is 0 Å². The molecule has 10 nitrogen and oxygen atoms in total. The molecule has 10 unspecified atom stereocenters. The molecule has 0 radical (unpaired) electrons. The van der Waals surface area contributed by atoms with Gasteiger partial charge in [-0.25, -0.2) is 0 Å². The molecule has 0 amide bonds. The van der Waals surface area contributed by atoms with E-state index in [1.807, 2.05) is 26.0 Å². The molecule has 0 aromatic heterocycles. The van der Waals surface area contributed by atoms with Gasteiger partial charge in [0, 0.05) is 71.4 Å². The number of aliphatic hydroxyl groups excluding tert-OH is 2. The number of phenols is 1. The summed E-state index contributed by atoms with van der Waals surface area (Å²) in [5.41, 5.74) is 10.3. The van der Waals surface area contributed by atoms with E-state index < -0.39 is 18.7 Å². The Bertz CT molecular complexity index is 3370. The molecule has 3 fully saturated rings. The number of allylic oxidation sites excluding steroid dienone is 4. The average Bonchev–Trinajstić information content (AvgIpc) is 3.20. The molecule has 0 bridgehead atoms. The van der Waals surface area contributed by atoms with Gasteiger partial charge in [-0.2, -0.15) is 4.58 Å². The van der Waals surface area contributed by atoms with E-state index in [0.29, 0.717) is 12.8 Å². The number of likely N-dealkylation sites (N-methyl/N-ethyl adjacent to an activating group) is 1. The van der Waals surface area contributed by atoms with E-state index in [-0.39, 0.29) is 59.1 Å². The summed E-state index contributed by atoms with van der Waals surface area (Å²) in [7, 11) is 4.42. The third-order valence-corrected chi connectivity index (χ3v) is 18.5. The number of aromatic hydroxyl groups is 1. The van der Waals surface area contributed by atoms with Crippen LogP contribution in [0.25, 0.3) is 21.5 Å². The van der Waals surface area contributed by atoms with Crippen molar-refractivity contribution in [1.29, 1.82) is 0 Å². The van der Waals surface area contributed by atoms with Crippen LogP contribution in [-0.4, -0.2) is 82.4 Å². The molecule has 82 heavy (non-hydrogen) atoms. The fraction of sp³-hybridized carbons (Fsp3) is 0.458. The van der Waals surface area contributed by atoms with Gasteiger partial charge in [0.2, 0.25) is 5.69 Å². The third-order valence-electron chi connectivity index (χ3n) is 18.5. The number of nitrogens with zero attached hydrogens (tertiary/aromatic N) is 2. The van der Waals surface area contributed by atoms with E-state index in [1.54, 1.807) is 12.1 Å². The van der Waals surface area contributed by atoms with E-state index >= 15 is 0 Å². The van der Waals surface area contributed by atoms with Crippen molar-refractivity contribution >= 4 is 38.6 Å². The molecule has 6 aromatic rings. The van der Waals surface area contributed by atoms with Crippen LogP contribution in [-0.2, 0) is 29.8 Å². The highest BCUT2D eigenvalue weighted by molar-refractivity contribution is 6.07. The van der Waals surface area contributed by atoms with Gasteiger partial charge in [0.1, 0.15) is 24.7 Å². The highest BCUT2D eigenvalue weighted by atomic mass is 16.7. The van der Waals surface area contributed by atoms with Gasteiger partial charge in [0.25, 0.3) is 0 Å². The van der Waals surface area contributed by atoms with Gasteiger partial charge in [-0.1, -0.05) is 112 Å². The molecule has 1 saturated carbocycles. The molecule has 2 saturated heterocycles. The first kappa shape index (κ1) is 57.7. The lowest BCUT2D eigenvalue weighted by Gasteiger charge is -2.38. The summed E-state index contributed by atoms with van der Waals surface area (Å²) in [5, 5.41) is 36.4. The Morgan fingerprint density at radius 2 is 1.33 bits per heavy atom. The maximum Gasteiger partial charge on any atom is 0.210 e. The number of hydrogen-bond donors (Lipinski definition) is 3. The Morgan fingerprint density at radius 3 is 2.01 bits per heavy atom. The minimum atomic E-state index is -0.641. The molecule has 4 heterocycles. The second kappa shape index (κ2) is 24.6. The second-order valence-corrected chi connectivity index (χ2v) is 25.2. The fourth-order valence-electron chi connectivity index (χ4n) is 14.3. The summed E-state index contributed by atoms with van der Waals surface area (Å²) in [4.78, 5) is 2.38. The van der Waals surface area contributed by atoms with Gasteiger partial charge < -0.3 is 43.9 Å². The third kappa shape index (κ3) is 12.1. The van der Waals surface area contributed by atoms with Gasteiger partial charge in [-0.15, -0.1) is 0 Å². The summed E-state index contributed by atoms with van der Waals surface area (Å²) in [6.07, 6.45) is 17.5. The molecular formula is C72H87N2O8+. The molecule has 10 heteroatoms. The molecular weight excluding hydrogens is 1020 g/mol. The van der Waals surface area contributed by atoms with E-state index in [0.717, 1.165) is 87.5 Å². The first-order valence-electron chi connectivity index (χ1n) is 30.6. The van der Waals surface area contributed by atoms with Gasteiger partial charge >= 0.3 is 0 Å². The number of hydrogen-bond acceptors (Lipinski definition) is 9. The topological polar surface area (TPSA) is 113 Å². The Morgan fingerprint density at radius 1 is 0.707 bits per heavy atom. The van der Waals surface area contributed by atoms with Gasteiger partial charge in [0.15, 0.2) is 18.3 Å².